The van der Waals surface area contributed by atoms with E-state index in [2.05, 4.69) is 29.8 Å². The molecular formula is C42H78O16P2. The highest BCUT2D eigenvalue weighted by Crippen LogP contribution is 2.44. The number of phosphoric acid groups is 2. The Morgan fingerprint density at radius 2 is 1.27 bits per heavy atom. The number of phosphoric ester groups is 2. The summed E-state index contributed by atoms with van der Waals surface area (Å²) in [5.74, 6) is -1.25. The molecule has 0 aromatic rings. The molecule has 18 heteroatoms. The minimum atomic E-state index is -4.90. The number of aliphatic hydroxyl groups is 4. The Labute approximate surface area is 358 Å². The lowest BCUT2D eigenvalue weighted by Gasteiger charge is -2.20. The normalized spacial score (nSPS) is 21.1. The van der Waals surface area contributed by atoms with Gasteiger partial charge in [0.25, 0.3) is 0 Å². The van der Waals surface area contributed by atoms with Gasteiger partial charge < -0.3 is 44.6 Å². The number of aliphatic hydroxyl groups excluding tert-OH is 4. The third kappa shape index (κ3) is 30.5. The predicted molar refractivity (Wildman–Crippen MR) is 227 cm³/mol. The van der Waals surface area contributed by atoms with Gasteiger partial charge in [-0.3, -0.25) is 23.2 Å². The average molecular weight is 901 g/mol. The molecule has 1 unspecified atom stereocenters. The highest BCUT2D eigenvalue weighted by Gasteiger charge is 2.39. The fraction of sp³-hybridized carbons (Fsp3) is 0.857. The molecule has 0 aromatic heterocycles. The summed E-state index contributed by atoms with van der Waals surface area (Å²) in [6.07, 6.45) is 20.3. The fourth-order valence-corrected chi connectivity index (χ4v) is 8.07. The van der Waals surface area contributed by atoms with E-state index < -0.39 is 84.5 Å². The maximum Gasteiger partial charge on any atom is 0.472 e. The molecule has 8 atom stereocenters. The van der Waals surface area contributed by atoms with Gasteiger partial charge in [-0.05, 0) is 31.1 Å². The molecule has 1 saturated carbocycles. The van der Waals surface area contributed by atoms with Crippen LogP contribution in [0.1, 0.15) is 156 Å². The van der Waals surface area contributed by atoms with Gasteiger partial charge in [0.15, 0.2) is 6.10 Å². The SMILES string of the molecule is CCCCC[C@@H](O)/C=C/[C@@H]1[C@H](C/C=C\CC(=O)OC[C@H](COP(=O)(O)OC[C@@H](O)COP(=O)(O)O)OC(=O)CCCCCCCCCCCCCCC(C)C)[C@@H](O)C[C@H]1O. The van der Waals surface area contributed by atoms with Crippen molar-refractivity contribution in [1.29, 1.82) is 0 Å². The zero-order valence-corrected chi connectivity index (χ0v) is 38.1. The Hall–Kier alpha value is -1.52. The first kappa shape index (κ1) is 56.5. The van der Waals surface area contributed by atoms with Gasteiger partial charge in [0, 0.05) is 18.8 Å². The molecule has 60 heavy (non-hydrogen) atoms. The molecule has 0 aromatic carbocycles. The van der Waals surface area contributed by atoms with Gasteiger partial charge in [0.1, 0.15) is 12.7 Å². The molecule has 352 valence electrons. The van der Waals surface area contributed by atoms with E-state index in [9.17, 15) is 44.0 Å². The van der Waals surface area contributed by atoms with Crippen molar-refractivity contribution in [2.24, 2.45) is 17.8 Å². The third-order valence-electron chi connectivity index (χ3n) is 10.4. The van der Waals surface area contributed by atoms with E-state index in [0.717, 1.165) is 50.9 Å². The van der Waals surface area contributed by atoms with E-state index in [4.69, 9.17) is 23.8 Å². The molecule has 7 N–H and O–H groups in total. The summed E-state index contributed by atoms with van der Waals surface area (Å²) in [4.78, 5) is 53.0. The van der Waals surface area contributed by atoms with Crippen LogP contribution in [0.2, 0.25) is 0 Å². The maximum atomic E-state index is 12.7. The molecule has 1 fully saturated rings. The van der Waals surface area contributed by atoms with Crippen LogP contribution in [0, 0.1) is 17.8 Å². The van der Waals surface area contributed by atoms with E-state index in [1.54, 1.807) is 24.3 Å². The van der Waals surface area contributed by atoms with Gasteiger partial charge in [-0.25, -0.2) is 9.13 Å². The van der Waals surface area contributed by atoms with Gasteiger partial charge in [0.2, 0.25) is 0 Å². The zero-order chi connectivity index (χ0) is 44.8. The molecule has 0 heterocycles. The second-order valence-corrected chi connectivity index (χ2v) is 19.1. The predicted octanol–water partition coefficient (Wildman–Crippen LogP) is 7.35. The molecule has 0 bridgehead atoms. The lowest BCUT2D eigenvalue weighted by molar-refractivity contribution is -0.160. The molecule has 1 aliphatic carbocycles. The van der Waals surface area contributed by atoms with Crippen LogP contribution in [-0.2, 0) is 41.8 Å². The summed E-state index contributed by atoms with van der Waals surface area (Å²) in [5, 5.41) is 41.1. The number of rotatable bonds is 37. The molecule has 0 aliphatic heterocycles. The van der Waals surface area contributed by atoms with Gasteiger partial charge in [-0.15, -0.1) is 0 Å². The summed E-state index contributed by atoms with van der Waals surface area (Å²) < 4.78 is 47.7. The number of unbranched alkanes of at least 4 members (excludes halogenated alkanes) is 13. The lowest BCUT2D eigenvalue weighted by atomic mass is 9.89. The standard InChI is InChI=1S/C42H78O16P2/c1-4-5-16-22-34(43)26-27-38-37(39(45)28-40(38)46)23-19-20-24-41(47)54-31-36(32-57-60(52,53)56-30-35(44)29-55-59(49,50)51)58-42(48)25-18-15-13-11-9-7-6-8-10-12-14-17-21-33(2)3/h19-20,26-27,33-40,43-46H,4-18,21-25,28-32H2,1-3H3,(H,52,53)(H2,49,50,51)/b20-19-,27-26+/t34-,35+,36-,37+,38-,39+,40-/m1/s1. The van der Waals surface area contributed by atoms with E-state index in [0.29, 0.717) is 19.3 Å². The second kappa shape index (κ2) is 33.1. The maximum absolute atomic E-state index is 12.7. The van der Waals surface area contributed by atoms with Crippen molar-refractivity contribution in [3.05, 3.63) is 24.3 Å². The summed E-state index contributed by atoms with van der Waals surface area (Å²) in [5.41, 5.74) is 0. The smallest absolute Gasteiger partial charge is 0.461 e. The van der Waals surface area contributed by atoms with Crippen molar-refractivity contribution in [2.75, 3.05) is 26.4 Å². The van der Waals surface area contributed by atoms with Crippen molar-refractivity contribution >= 4 is 27.6 Å². The summed E-state index contributed by atoms with van der Waals surface area (Å²) in [7, 11) is -9.78. The number of carbonyl (C=O) groups is 2. The third-order valence-corrected chi connectivity index (χ3v) is 11.8. The molecule has 1 aliphatic rings. The lowest BCUT2D eigenvalue weighted by Crippen LogP contribution is -2.29. The largest absolute Gasteiger partial charge is 0.472 e. The van der Waals surface area contributed by atoms with Gasteiger partial charge in [-0.2, -0.15) is 0 Å². The first-order valence-corrected chi connectivity index (χ1v) is 25.2. The number of carbonyl (C=O) groups excluding carboxylic acids is 2. The summed E-state index contributed by atoms with van der Waals surface area (Å²) in [6.45, 7) is 3.59. The van der Waals surface area contributed by atoms with Gasteiger partial charge >= 0.3 is 27.6 Å². The quantitative estimate of drug-likeness (QED) is 0.0139. The number of hydrogen-bond donors (Lipinski definition) is 7. The van der Waals surface area contributed by atoms with Gasteiger partial charge in [0.05, 0.1) is 44.6 Å². The van der Waals surface area contributed by atoms with Gasteiger partial charge in [-0.1, -0.05) is 141 Å². The van der Waals surface area contributed by atoms with Crippen molar-refractivity contribution in [2.45, 2.75) is 186 Å². The summed E-state index contributed by atoms with van der Waals surface area (Å²) >= 11 is 0. The molecule has 1 rings (SSSR count). The van der Waals surface area contributed by atoms with Crippen LogP contribution >= 0.6 is 15.6 Å². The van der Waals surface area contributed by atoms with E-state index >= 15 is 0 Å². The van der Waals surface area contributed by atoms with E-state index in [-0.39, 0.29) is 31.1 Å². The molecule has 0 saturated heterocycles. The minimum absolute atomic E-state index is 0.0682. The number of esters is 2. The molecule has 16 nitrogen and oxygen atoms in total. The average Bonchev–Trinajstić information content (AvgIpc) is 3.45. The Kier molecular flexibility index (Phi) is 31.1. The Balaban J connectivity index is 2.61. The highest BCUT2D eigenvalue weighted by molar-refractivity contribution is 7.47. The number of ether oxygens (including phenoxy) is 2. The Bertz CT molecular complexity index is 1290. The van der Waals surface area contributed by atoms with Crippen molar-refractivity contribution in [3.63, 3.8) is 0 Å². The van der Waals surface area contributed by atoms with Crippen molar-refractivity contribution < 1.29 is 76.9 Å². The topological polar surface area (TPSA) is 256 Å². The van der Waals surface area contributed by atoms with Crippen LogP contribution in [0.3, 0.4) is 0 Å². The Morgan fingerprint density at radius 3 is 1.87 bits per heavy atom. The molecular weight excluding hydrogens is 822 g/mol. The first-order valence-electron chi connectivity index (χ1n) is 22.1. The minimum Gasteiger partial charge on any atom is -0.461 e. The highest BCUT2D eigenvalue weighted by atomic mass is 31.2. The summed E-state index contributed by atoms with van der Waals surface area (Å²) in [6, 6.07) is 0. The number of allylic oxidation sites excluding steroid dienone is 1. The van der Waals surface area contributed by atoms with E-state index in [1.807, 2.05) is 0 Å². The second-order valence-electron chi connectivity index (χ2n) is 16.4. The van der Waals surface area contributed by atoms with Crippen LogP contribution in [0.4, 0.5) is 0 Å². The molecule has 0 spiro atoms. The Morgan fingerprint density at radius 1 is 0.700 bits per heavy atom. The molecule has 0 radical (unpaired) electrons. The van der Waals surface area contributed by atoms with Crippen molar-refractivity contribution in [1.82, 2.24) is 0 Å². The van der Waals surface area contributed by atoms with Crippen LogP contribution in [0.5, 0.6) is 0 Å². The van der Waals surface area contributed by atoms with E-state index in [1.165, 1.54) is 51.4 Å². The molecule has 0 amide bonds. The van der Waals surface area contributed by atoms with Crippen LogP contribution in [-0.4, -0.2) is 104 Å². The van der Waals surface area contributed by atoms with Crippen LogP contribution < -0.4 is 0 Å². The number of hydrogen-bond acceptors (Lipinski definition) is 13. The van der Waals surface area contributed by atoms with Crippen LogP contribution in [0.15, 0.2) is 24.3 Å². The first-order chi connectivity index (χ1) is 28.4. The van der Waals surface area contributed by atoms with Crippen LogP contribution in [0.25, 0.3) is 0 Å². The fourth-order valence-electron chi connectivity index (χ4n) is 6.92. The monoisotopic (exact) mass is 900 g/mol. The van der Waals surface area contributed by atoms with Crippen molar-refractivity contribution in [3.8, 4) is 0 Å². The zero-order valence-electron chi connectivity index (χ0n) is 36.3.